The second-order valence-electron chi connectivity index (χ2n) is 4.87. The molecule has 0 bridgehead atoms. The van der Waals surface area contributed by atoms with Gasteiger partial charge in [-0.05, 0) is 37.0 Å². The fraction of sp³-hybridized carbons (Fsp3) is 0.571. The van der Waals surface area contributed by atoms with Crippen LogP contribution in [0.3, 0.4) is 0 Å². The van der Waals surface area contributed by atoms with Crippen LogP contribution in [0, 0.1) is 5.92 Å². The summed E-state index contributed by atoms with van der Waals surface area (Å²) in [5.74, 6) is 0.735. The second kappa shape index (κ2) is 5.90. The van der Waals surface area contributed by atoms with Crippen molar-refractivity contribution < 1.29 is 5.11 Å². The molecule has 2 nitrogen and oxygen atoms in total. The topological polar surface area (TPSA) is 23.5 Å². The lowest BCUT2D eigenvalue weighted by atomic mass is 10.1. The number of hydrogen-bond acceptors (Lipinski definition) is 2. The fourth-order valence-corrected chi connectivity index (χ4v) is 1.59. The Hall–Kier alpha value is -1.02. The normalized spacial score (nSPS) is 12.9. The van der Waals surface area contributed by atoms with Gasteiger partial charge in [0.2, 0.25) is 0 Å². The van der Waals surface area contributed by atoms with E-state index in [1.54, 1.807) is 6.92 Å². The lowest BCUT2D eigenvalue weighted by Crippen LogP contribution is -2.19. The molecule has 1 aromatic carbocycles. The van der Waals surface area contributed by atoms with Crippen molar-refractivity contribution in [3.63, 3.8) is 0 Å². The van der Waals surface area contributed by atoms with E-state index in [0.29, 0.717) is 0 Å². The standard InChI is InChI=1S/C14H23NO/c1-11(2)9-10-15(4)14-7-5-13(6-8-14)12(3)16/h5-8,11-12,16H,9-10H2,1-4H3/t12-/m1/s1. The van der Waals surface area contributed by atoms with E-state index in [2.05, 4.69) is 37.9 Å². The first-order chi connectivity index (χ1) is 7.50. The molecule has 0 saturated heterocycles. The van der Waals surface area contributed by atoms with Crippen molar-refractivity contribution in [2.24, 2.45) is 5.92 Å². The highest BCUT2D eigenvalue weighted by Crippen LogP contribution is 2.18. The van der Waals surface area contributed by atoms with Gasteiger partial charge in [-0.25, -0.2) is 0 Å². The lowest BCUT2D eigenvalue weighted by Gasteiger charge is -2.20. The number of aliphatic hydroxyl groups excluding tert-OH is 1. The van der Waals surface area contributed by atoms with Gasteiger partial charge in [0.05, 0.1) is 6.10 Å². The maximum Gasteiger partial charge on any atom is 0.0761 e. The van der Waals surface area contributed by atoms with E-state index in [4.69, 9.17) is 0 Å². The Balaban J connectivity index is 2.59. The van der Waals surface area contributed by atoms with E-state index in [0.717, 1.165) is 18.0 Å². The molecule has 0 aliphatic carbocycles. The summed E-state index contributed by atoms with van der Waals surface area (Å²) in [4.78, 5) is 2.26. The first-order valence-electron chi connectivity index (χ1n) is 6.00. The summed E-state index contributed by atoms with van der Waals surface area (Å²) in [6, 6.07) is 8.13. The third-order valence-corrected chi connectivity index (χ3v) is 2.86. The summed E-state index contributed by atoms with van der Waals surface area (Å²) >= 11 is 0. The Kier molecular flexibility index (Phi) is 4.81. The van der Waals surface area contributed by atoms with E-state index < -0.39 is 0 Å². The van der Waals surface area contributed by atoms with E-state index in [9.17, 15) is 5.11 Å². The number of aliphatic hydroxyl groups is 1. The molecule has 0 amide bonds. The quantitative estimate of drug-likeness (QED) is 0.825. The highest BCUT2D eigenvalue weighted by atomic mass is 16.3. The zero-order valence-corrected chi connectivity index (χ0v) is 10.8. The van der Waals surface area contributed by atoms with E-state index in [1.165, 1.54) is 12.1 Å². The number of hydrogen-bond donors (Lipinski definition) is 1. The molecule has 1 aromatic rings. The van der Waals surface area contributed by atoms with Crippen LogP contribution in [0.25, 0.3) is 0 Å². The van der Waals surface area contributed by atoms with Crippen molar-refractivity contribution >= 4 is 5.69 Å². The summed E-state index contributed by atoms with van der Waals surface area (Å²) in [7, 11) is 2.11. The molecule has 0 heterocycles. The number of rotatable bonds is 5. The third kappa shape index (κ3) is 3.86. The van der Waals surface area contributed by atoms with Gasteiger partial charge in [0.1, 0.15) is 0 Å². The first-order valence-corrected chi connectivity index (χ1v) is 6.00. The van der Waals surface area contributed by atoms with E-state index in [1.807, 2.05) is 12.1 Å². The van der Waals surface area contributed by atoms with Crippen LogP contribution < -0.4 is 4.90 Å². The first kappa shape index (κ1) is 13.0. The SMILES string of the molecule is CC(C)CCN(C)c1ccc([C@@H](C)O)cc1. The molecule has 0 spiro atoms. The highest BCUT2D eigenvalue weighted by Gasteiger charge is 2.04. The van der Waals surface area contributed by atoms with Gasteiger partial charge in [-0.1, -0.05) is 26.0 Å². The molecule has 0 aliphatic heterocycles. The van der Waals surface area contributed by atoms with Crippen LogP contribution >= 0.6 is 0 Å². The average molecular weight is 221 g/mol. The molecule has 1 N–H and O–H groups in total. The Morgan fingerprint density at radius 1 is 1.12 bits per heavy atom. The highest BCUT2D eigenvalue weighted by molar-refractivity contribution is 5.47. The molecule has 0 aliphatic rings. The van der Waals surface area contributed by atoms with Gasteiger partial charge < -0.3 is 10.0 Å². The molecule has 2 heteroatoms. The van der Waals surface area contributed by atoms with Crippen LogP contribution in [0.2, 0.25) is 0 Å². The van der Waals surface area contributed by atoms with Crippen molar-refractivity contribution in [3.8, 4) is 0 Å². The minimum atomic E-state index is -0.380. The van der Waals surface area contributed by atoms with Crippen molar-refractivity contribution in [2.75, 3.05) is 18.5 Å². The molecular weight excluding hydrogens is 198 g/mol. The third-order valence-electron chi connectivity index (χ3n) is 2.86. The molecule has 16 heavy (non-hydrogen) atoms. The van der Waals surface area contributed by atoms with Gasteiger partial charge in [-0.3, -0.25) is 0 Å². The second-order valence-corrected chi connectivity index (χ2v) is 4.87. The molecule has 0 saturated carbocycles. The maximum absolute atomic E-state index is 9.42. The maximum atomic E-state index is 9.42. The summed E-state index contributed by atoms with van der Waals surface area (Å²) in [5, 5.41) is 9.42. The fourth-order valence-electron chi connectivity index (χ4n) is 1.59. The van der Waals surface area contributed by atoms with Gasteiger partial charge in [-0.2, -0.15) is 0 Å². The van der Waals surface area contributed by atoms with Crippen molar-refractivity contribution in [1.82, 2.24) is 0 Å². The van der Waals surface area contributed by atoms with E-state index in [-0.39, 0.29) is 6.10 Å². The Bertz CT molecular complexity index is 303. The Morgan fingerprint density at radius 2 is 1.69 bits per heavy atom. The van der Waals surface area contributed by atoms with Crippen molar-refractivity contribution in [2.45, 2.75) is 33.3 Å². The molecule has 1 atom stereocenters. The molecule has 0 fully saturated rings. The summed E-state index contributed by atoms with van der Waals surface area (Å²) in [5.41, 5.74) is 2.19. The van der Waals surface area contributed by atoms with Gasteiger partial charge in [0.25, 0.3) is 0 Å². The van der Waals surface area contributed by atoms with Crippen LogP contribution in [-0.4, -0.2) is 18.7 Å². The summed E-state index contributed by atoms with van der Waals surface area (Å²) < 4.78 is 0. The monoisotopic (exact) mass is 221 g/mol. The molecule has 90 valence electrons. The molecule has 0 radical (unpaired) electrons. The smallest absolute Gasteiger partial charge is 0.0761 e. The van der Waals surface area contributed by atoms with Crippen molar-refractivity contribution in [1.29, 1.82) is 0 Å². The van der Waals surface area contributed by atoms with Crippen LogP contribution in [0.4, 0.5) is 5.69 Å². The van der Waals surface area contributed by atoms with Gasteiger partial charge in [0, 0.05) is 19.3 Å². The minimum absolute atomic E-state index is 0.380. The average Bonchev–Trinajstić information content (AvgIpc) is 2.26. The van der Waals surface area contributed by atoms with Crippen molar-refractivity contribution in [3.05, 3.63) is 29.8 Å². The molecular formula is C14H23NO. The van der Waals surface area contributed by atoms with E-state index >= 15 is 0 Å². The van der Waals surface area contributed by atoms with Crippen LogP contribution in [0.15, 0.2) is 24.3 Å². The van der Waals surface area contributed by atoms with Gasteiger partial charge in [-0.15, -0.1) is 0 Å². The predicted molar refractivity (Wildman–Crippen MR) is 69.8 cm³/mol. The lowest BCUT2D eigenvalue weighted by molar-refractivity contribution is 0.199. The molecule has 0 unspecified atom stereocenters. The summed E-state index contributed by atoms with van der Waals surface area (Å²) in [6.45, 7) is 7.35. The zero-order valence-electron chi connectivity index (χ0n) is 10.8. The zero-order chi connectivity index (χ0) is 12.1. The predicted octanol–water partition coefficient (Wildman–Crippen LogP) is 3.22. The Morgan fingerprint density at radius 3 is 2.12 bits per heavy atom. The van der Waals surface area contributed by atoms with Crippen LogP contribution in [-0.2, 0) is 0 Å². The van der Waals surface area contributed by atoms with Crippen LogP contribution in [0.5, 0.6) is 0 Å². The van der Waals surface area contributed by atoms with Gasteiger partial charge >= 0.3 is 0 Å². The Labute approximate surface area is 98.9 Å². The molecule has 0 aromatic heterocycles. The number of nitrogens with zero attached hydrogens (tertiary/aromatic N) is 1. The summed E-state index contributed by atoms with van der Waals surface area (Å²) in [6.07, 6.45) is 0.823. The van der Waals surface area contributed by atoms with Gasteiger partial charge in [0.15, 0.2) is 0 Å². The minimum Gasteiger partial charge on any atom is -0.389 e. The van der Waals surface area contributed by atoms with Crippen LogP contribution in [0.1, 0.15) is 38.9 Å². The number of anilines is 1. The number of benzene rings is 1. The molecule has 1 rings (SSSR count). The largest absolute Gasteiger partial charge is 0.389 e.